The van der Waals surface area contributed by atoms with Crippen LogP contribution in [0, 0.1) is 5.92 Å². The maximum atomic E-state index is 10.6. The van der Waals surface area contributed by atoms with Gasteiger partial charge in [-0.3, -0.25) is 4.79 Å². The van der Waals surface area contributed by atoms with Gasteiger partial charge in [0.25, 0.3) is 0 Å². The zero-order valence-corrected chi connectivity index (χ0v) is 24.5. The van der Waals surface area contributed by atoms with Gasteiger partial charge in [-0.15, -0.1) is 0 Å². The number of carbonyl (C=O) groups is 1. The largest absolute Gasteiger partial charge is 0.390 e. The average molecular weight is 501 g/mol. The minimum Gasteiger partial charge on any atom is -0.390 e. The first-order valence-corrected chi connectivity index (χ1v) is 12.9. The Labute approximate surface area is 227 Å². The molecule has 0 rings (SSSR count). The third-order valence-electron chi connectivity index (χ3n) is 5.45. The number of carbonyl (C=O) groups excluding carboxylic acids is 1. The summed E-state index contributed by atoms with van der Waals surface area (Å²) in [7, 11) is 0. The lowest BCUT2D eigenvalue weighted by atomic mass is 9.87. The van der Waals surface area contributed by atoms with Crippen molar-refractivity contribution < 1.29 is 9.90 Å². The summed E-state index contributed by atoms with van der Waals surface area (Å²) in [6.07, 6.45) is 34.3. The van der Waals surface area contributed by atoms with Crippen LogP contribution < -0.4 is 0 Å². The van der Waals surface area contributed by atoms with Crippen LogP contribution in [0.15, 0.2) is 131 Å². The highest BCUT2D eigenvalue weighted by Crippen LogP contribution is 2.23. The number of aldehydes is 1. The second kappa shape index (κ2) is 19.0. The molecule has 0 amide bonds. The molecule has 0 aromatic heterocycles. The van der Waals surface area contributed by atoms with Crippen LogP contribution in [-0.2, 0) is 4.79 Å². The molecular formula is C35H48O2. The topological polar surface area (TPSA) is 37.3 Å². The molecule has 2 nitrogen and oxygen atoms in total. The third kappa shape index (κ3) is 19.6. The minimum atomic E-state index is -0.755. The highest BCUT2D eigenvalue weighted by Gasteiger charge is 2.23. The summed E-state index contributed by atoms with van der Waals surface area (Å²) in [5.41, 5.74) is 5.79. The molecular weight excluding hydrogens is 452 g/mol. The van der Waals surface area contributed by atoms with Crippen molar-refractivity contribution in [2.75, 3.05) is 0 Å². The maximum absolute atomic E-state index is 10.6. The minimum absolute atomic E-state index is 0.0745. The Balaban J connectivity index is 4.95. The van der Waals surface area contributed by atoms with Crippen LogP contribution in [0.1, 0.15) is 68.7 Å². The van der Waals surface area contributed by atoms with Gasteiger partial charge in [-0.1, -0.05) is 125 Å². The van der Waals surface area contributed by atoms with E-state index in [1.165, 1.54) is 5.57 Å². The van der Waals surface area contributed by atoms with Crippen molar-refractivity contribution in [3.63, 3.8) is 0 Å². The highest BCUT2D eigenvalue weighted by molar-refractivity contribution is 5.72. The molecule has 0 aliphatic heterocycles. The fraction of sp³-hybridized carbons (Fsp3) is 0.343. The highest BCUT2D eigenvalue weighted by atomic mass is 16.3. The van der Waals surface area contributed by atoms with Crippen LogP contribution in [0.2, 0.25) is 0 Å². The summed E-state index contributed by atoms with van der Waals surface area (Å²) in [5.74, 6) is 0.0745. The van der Waals surface area contributed by atoms with E-state index < -0.39 is 5.60 Å². The lowest BCUT2D eigenvalue weighted by Gasteiger charge is -2.26. The van der Waals surface area contributed by atoms with E-state index in [0.29, 0.717) is 5.57 Å². The Morgan fingerprint density at radius 2 is 1.00 bits per heavy atom. The van der Waals surface area contributed by atoms with Gasteiger partial charge >= 0.3 is 0 Å². The quantitative estimate of drug-likeness (QED) is 0.112. The van der Waals surface area contributed by atoms with Gasteiger partial charge in [0.05, 0.1) is 5.60 Å². The SMILES string of the molecule is CC(C)=CC[C@@H](/C=C/C(C)=C/C=C/C(C)=C/C=C/C(C)=C/C=C/C=C(C)/C=C/C=C(\C)C=O)C(C)(C)O. The first kappa shape index (κ1) is 33.8. The number of aliphatic hydroxyl groups is 1. The summed E-state index contributed by atoms with van der Waals surface area (Å²) in [6, 6.07) is 0. The van der Waals surface area contributed by atoms with E-state index in [4.69, 9.17) is 0 Å². The van der Waals surface area contributed by atoms with E-state index in [1.807, 2.05) is 51.2 Å². The van der Waals surface area contributed by atoms with Crippen molar-refractivity contribution in [1.82, 2.24) is 0 Å². The number of hydrogen-bond acceptors (Lipinski definition) is 2. The van der Waals surface area contributed by atoms with Crippen LogP contribution in [0.5, 0.6) is 0 Å². The van der Waals surface area contributed by atoms with E-state index in [2.05, 4.69) is 95.4 Å². The zero-order chi connectivity index (χ0) is 28.3. The number of rotatable bonds is 14. The molecule has 0 bridgehead atoms. The Bertz CT molecular complexity index is 1050. The summed E-state index contributed by atoms with van der Waals surface area (Å²) < 4.78 is 0. The van der Waals surface area contributed by atoms with Crippen molar-refractivity contribution >= 4 is 6.29 Å². The molecule has 37 heavy (non-hydrogen) atoms. The Morgan fingerprint density at radius 1 is 0.622 bits per heavy atom. The maximum Gasteiger partial charge on any atom is 0.145 e. The van der Waals surface area contributed by atoms with Crippen LogP contribution in [0.3, 0.4) is 0 Å². The first-order chi connectivity index (χ1) is 17.3. The van der Waals surface area contributed by atoms with Crippen LogP contribution in [0.25, 0.3) is 0 Å². The Morgan fingerprint density at radius 3 is 1.38 bits per heavy atom. The summed E-state index contributed by atoms with van der Waals surface area (Å²) in [4.78, 5) is 10.6. The molecule has 0 spiro atoms. The van der Waals surface area contributed by atoms with Crippen LogP contribution >= 0.6 is 0 Å². The number of allylic oxidation sites excluding steroid dienone is 21. The molecule has 1 N–H and O–H groups in total. The van der Waals surface area contributed by atoms with Gasteiger partial charge in [0.1, 0.15) is 6.29 Å². The Kier molecular flexibility index (Phi) is 17.3. The monoisotopic (exact) mass is 500 g/mol. The first-order valence-electron chi connectivity index (χ1n) is 12.9. The van der Waals surface area contributed by atoms with E-state index in [9.17, 15) is 9.90 Å². The molecule has 0 unspecified atom stereocenters. The molecule has 0 aromatic carbocycles. The van der Waals surface area contributed by atoms with Gasteiger partial charge < -0.3 is 5.11 Å². The molecule has 2 heteroatoms. The van der Waals surface area contributed by atoms with Gasteiger partial charge in [0, 0.05) is 5.92 Å². The van der Waals surface area contributed by atoms with Crippen molar-refractivity contribution in [2.45, 2.75) is 74.3 Å². The molecule has 0 fully saturated rings. The summed E-state index contributed by atoms with van der Waals surface area (Å²) >= 11 is 0. The fourth-order valence-corrected chi connectivity index (χ4v) is 2.96. The molecule has 200 valence electrons. The molecule has 0 heterocycles. The summed E-state index contributed by atoms with van der Waals surface area (Å²) in [6.45, 7) is 17.9. The van der Waals surface area contributed by atoms with Crippen molar-refractivity contribution in [1.29, 1.82) is 0 Å². The van der Waals surface area contributed by atoms with Gasteiger partial charge in [-0.25, -0.2) is 0 Å². The lowest BCUT2D eigenvalue weighted by Crippen LogP contribution is -2.29. The van der Waals surface area contributed by atoms with E-state index in [1.54, 1.807) is 13.0 Å². The van der Waals surface area contributed by atoms with Crippen LogP contribution in [-0.4, -0.2) is 17.0 Å². The predicted octanol–water partition coefficient (Wildman–Crippen LogP) is 9.44. The standard InChI is InChI=1S/C35H48O2/c1-28(2)23-25-34(35(8,9)37)26-24-32(6)21-13-19-31(5)18-12-17-29(3)15-10-11-16-30(4)20-14-22-33(7)27-36/h10-24,26-27,34,37H,25H2,1-9H3/b11-10+,17-12+,19-13+,20-14+,26-24+,29-15+,30-16+,31-18+,32-21+,33-22+/t34-/m0/s1. The predicted molar refractivity (Wildman–Crippen MR) is 164 cm³/mol. The second-order valence-corrected chi connectivity index (χ2v) is 10.3. The molecule has 1 atom stereocenters. The molecule has 0 saturated carbocycles. The van der Waals surface area contributed by atoms with Crippen molar-refractivity contribution in [3.05, 3.63) is 131 Å². The summed E-state index contributed by atoms with van der Waals surface area (Å²) in [5, 5.41) is 10.5. The smallest absolute Gasteiger partial charge is 0.145 e. The molecule has 0 saturated heterocycles. The second-order valence-electron chi connectivity index (χ2n) is 10.3. The molecule has 0 aliphatic rings. The zero-order valence-electron chi connectivity index (χ0n) is 24.5. The van der Waals surface area contributed by atoms with Crippen molar-refractivity contribution in [2.24, 2.45) is 5.92 Å². The number of hydrogen-bond donors (Lipinski definition) is 1. The van der Waals surface area contributed by atoms with E-state index >= 15 is 0 Å². The molecule has 0 aromatic rings. The van der Waals surface area contributed by atoms with E-state index in [-0.39, 0.29) is 5.92 Å². The Hall–Kier alpha value is -3.23. The molecule has 0 aliphatic carbocycles. The van der Waals surface area contributed by atoms with Crippen LogP contribution in [0.4, 0.5) is 0 Å². The van der Waals surface area contributed by atoms with Gasteiger partial charge in [-0.2, -0.15) is 0 Å². The third-order valence-corrected chi connectivity index (χ3v) is 5.45. The molecule has 0 radical (unpaired) electrons. The van der Waals surface area contributed by atoms with Gasteiger partial charge in [-0.05, 0) is 74.3 Å². The fourth-order valence-electron chi connectivity index (χ4n) is 2.96. The normalized spacial score (nSPS) is 16.2. The van der Waals surface area contributed by atoms with E-state index in [0.717, 1.165) is 35.0 Å². The lowest BCUT2D eigenvalue weighted by molar-refractivity contribution is -0.104. The van der Waals surface area contributed by atoms with Crippen molar-refractivity contribution in [3.8, 4) is 0 Å². The average Bonchev–Trinajstić information content (AvgIpc) is 2.80. The van der Waals surface area contributed by atoms with Gasteiger partial charge in [0.2, 0.25) is 0 Å². The van der Waals surface area contributed by atoms with Gasteiger partial charge in [0.15, 0.2) is 0 Å².